The van der Waals surface area contributed by atoms with Gasteiger partial charge in [-0.25, -0.2) is 9.59 Å². The van der Waals surface area contributed by atoms with Crippen molar-refractivity contribution in [3.05, 3.63) is 141 Å². The highest BCUT2D eigenvalue weighted by molar-refractivity contribution is 8.27. The molecule has 2 amide bonds. The molecule has 0 spiro atoms. The number of carboxylic acids is 2. The molecule has 57 heavy (non-hydrogen) atoms. The van der Waals surface area contributed by atoms with Gasteiger partial charge in [-0.05, 0) is 58.7 Å². The number of carbonyl (C=O) groups is 4. The van der Waals surface area contributed by atoms with E-state index in [-0.39, 0.29) is 21.5 Å². The Morgan fingerprint density at radius 1 is 0.579 bits per heavy atom. The van der Waals surface area contributed by atoms with E-state index in [0.717, 1.165) is 45.8 Å². The second-order valence-corrected chi connectivity index (χ2v) is 16.0. The van der Waals surface area contributed by atoms with E-state index in [1.54, 1.807) is 60.7 Å². The Morgan fingerprint density at radius 2 is 0.947 bits per heavy atom. The van der Waals surface area contributed by atoms with Gasteiger partial charge in [0.05, 0.1) is 23.0 Å². The summed E-state index contributed by atoms with van der Waals surface area (Å²) < 4.78 is 17.6. The summed E-state index contributed by atoms with van der Waals surface area (Å²) in [5.41, 5.74) is 3.06. The monoisotopic (exact) mass is 840 g/mol. The molecule has 2 saturated heterocycles. The molecule has 6 rings (SSSR count). The summed E-state index contributed by atoms with van der Waals surface area (Å²) in [4.78, 5) is 53.7. The fraction of sp³-hybridized carbons (Fsp3) is 0.190. The van der Waals surface area contributed by atoms with Crippen LogP contribution in [0.25, 0.3) is 12.2 Å². The first-order valence-corrected chi connectivity index (χ1v) is 20.1. The Hall–Kier alpha value is -5.32. The van der Waals surface area contributed by atoms with Crippen LogP contribution in [0.3, 0.4) is 0 Å². The molecule has 2 N–H and O–H groups in total. The van der Waals surface area contributed by atoms with Crippen molar-refractivity contribution in [2.45, 2.75) is 24.9 Å². The standard InChI is InChI=1S/C42H36N2O9S4/c45-37-35(56-41(54)43(37)33(39(47)48)23-27-7-3-1-4-8-27)25-29-11-15-31(16-12-29)52-21-19-51-20-22-53-32-17-13-30(14-18-32)26-36-38(46)44(42(55)57-36)34(40(49)50)24-28-9-5-2-6-10-28/h1-18,25-26,33-34H,19-24H2,(H,47,48)(H,49,50). The van der Waals surface area contributed by atoms with E-state index in [1.165, 1.54) is 9.80 Å². The van der Waals surface area contributed by atoms with Crippen LogP contribution in [0.5, 0.6) is 11.5 Å². The molecule has 2 aliphatic heterocycles. The van der Waals surface area contributed by atoms with Gasteiger partial charge in [0, 0.05) is 12.8 Å². The van der Waals surface area contributed by atoms with Crippen molar-refractivity contribution in [1.29, 1.82) is 0 Å². The fourth-order valence-corrected chi connectivity index (χ4v) is 8.63. The van der Waals surface area contributed by atoms with E-state index in [2.05, 4.69) is 0 Å². The van der Waals surface area contributed by atoms with Crippen LogP contribution in [0.15, 0.2) is 119 Å². The second-order valence-electron chi connectivity index (χ2n) is 12.6. The molecule has 4 aromatic rings. The zero-order valence-corrected chi connectivity index (χ0v) is 33.5. The first-order chi connectivity index (χ1) is 27.6. The van der Waals surface area contributed by atoms with Crippen LogP contribution >= 0.6 is 48.0 Å². The maximum atomic E-state index is 13.2. The normalized spacial score (nSPS) is 16.7. The Labute approximate surface area is 348 Å². The van der Waals surface area contributed by atoms with E-state index in [0.29, 0.717) is 47.7 Å². The number of amides is 2. The first kappa shape index (κ1) is 41.3. The predicted molar refractivity (Wildman–Crippen MR) is 228 cm³/mol. The topological polar surface area (TPSA) is 143 Å². The summed E-state index contributed by atoms with van der Waals surface area (Å²) in [7, 11) is 0. The number of carboxylic acid groups (broad SMARTS) is 2. The van der Waals surface area contributed by atoms with Crippen molar-refractivity contribution in [1.82, 2.24) is 9.80 Å². The number of nitrogens with zero attached hydrogens (tertiary/aromatic N) is 2. The minimum absolute atomic E-state index is 0.142. The van der Waals surface area contributed by atoms with Crippen LogP contribution in [0, 0.1) is 0 Å². The van der Waals surface area contributed by atoms with Crippen LogP contribution in [0.4, 0.5) is 0 Å². The summed E-state index contributed by atoms with van der Waals surface area (Å²) >= 11 is 13.0. The lowest BCUT2D eigenvalue weighted by Crippen LogP contribution is -2.45. The van der Waals surface area contributed by atoms with Crippen molar-refractivity contribution in [3.63, 3.8) is 0 Å². The van der Waals surface area contributed by atoms with Crippen molar-refractivity contribution in [2.24, 2.45) is 0 Å². The molecule has 2 fully saturated rings. The van der Waals surface area contributed by atoms with Crippen LogP contribution in [0.2, 0.25) is 0 Å². The van der Waals surface area contributed by atoms with Gasteiger partial charge in [0.15, 0.2) is 0 Å². The molecule has 0 aromatic heterocycles. The smallest absolute Gasteiger partial charge is 0.327 e. The number of hydrogen-bond donors (Lipinski definition) is 2. The molecular formula is C42H36N2O9S4. The first-order valence-electron chi connectivity index (χ1n) is 17.7. The molecule has 0 aliphatic carbocycles. The number of rotatable bonds is 18. The Balaban J connectivity index is 0.908. The number of thioether (sulfide) groups is 2. The quantitative estimate of drug-likeness (QED) is 0.0607. The largest absolute Gasteiger partial charge is 0.491 e. The lowest BCUT2D eigenvalue weighted by Gasteiger charge is -2.23. The second kappa shape index (κ2) is 19.7. The van der Waals surface area contributed by atoms with E-state index in [1.807, 2.05) is 60.7 Å². The summed E-state index contributed by atoms with van der Waals surface area (Å²) in [6.07, 6.45) is 3.65. The fourth-order valence-electron chi connectivity index (χ4n) is 5.91. The molecule has 0 bridgehead atoms. The predicted octanol–water partition coefficient (Wildman–Crippen LogP) is 6.96. The maximum absolute atomic E-state index is 13.2. The van der Waals surface area contributed by atoms with Gasteiger partial charge in [0.2, 0.25) is 0 Å². The van der Waals surface area contributed by atoms with Gasteiger partial charge >= 0.3 is 11.9 Å². The van der Waals surface area contributed by atoms with E-state index < -0.39 is 35.8 Å². The van der Waals surface area contributed by atoms with Gasteiger partial charge in [-0.15, -0.1) is 0 Å². The van der Waals surface area contributed by atoms with Crippen molar-refractivity contribution in [3.8, 4) is 11.5 Å². The minimum atomic E-state index is -1.12. The highest BCUT2D eigenvalue weighted by Crippen LogP contribution is 2.36. The number of ether oxygens (including phenoxy) is 3. The van der Waals surface area contributed by atoms with Crippen molar-refractivity contribution in [2.75, 3.05) is 26.4 Å². The molecule has 4 aromatic carbocycles. The number of thiocarbonyl (C=S) groups is 2. The highest BCUT2D eigenvalue weighted by Gasteiger charge is 2.41. The third-order valence-electron chi connectivity index (χ3n) is 8.73. The maximum Gasteiger partial charge on any atom is 0.327 e. The van der Waals surface area contributed by atoms with Gasteiger partial charge in [-0.2, -0.15) is 0 Å². The third-order valence-corrected chi connectivity index (χ3v) is 11.4. The van der Waals surface area contributed by atoms with Gasteiger partial charge in [-0.1, -0.05) is 133 Å². The number of hydrogen-bond acceptors (Lipinski definition) is 11. The van der Waals surface area contributed by atoms with Crippen LogP contribution in [-0.2, 0) is 36.8 Å². The minimum Gasteiger partial charge on any atom is -0.491 e. The van der Waals surface area contributed by atoms with Gasteiger partial charge in [0.1, 0.15) is 45.4 Å². The van der Waals surface area contributed by atoms with Crippen molar-refractivity contribution < 1.29 is 43.6 Å². The summed E-state index contributed by atoms with van der Waals surface area (Å²) in [5.74, 6) is -1.89. The summed E-state index contributed by atoms with van der Waals surface area (Å²) in [6, 6.07) is 30.3. The van der Waals surface area contributed by atoms with Crippen LogP contribution in [0.1, 0.15) is 22.3 Å². The molecular weight excluding hydrogens is 805 g/mol. The average Bonchev–Trinajstić information content (AvgIpc) is 3.64. The van der Waals surface area contributed by atoms with Crippen LogP contribution in [-0.4, -0.2) is 90.9 Å². The summed E-state index contributed by atoms with van der Waals surface area (Å²) in [5, 5.41) is 19.8. The van der Waals surface area contributed by atoms with Crippen LogP contribution < -0.4 is 9.47 Å². The van der Waals surface area contributed by atoms with Crippen molar-refractivity contribution >= 4 is 92.5 Å². The molecule has 292 valence electrons. The molecule has 2 aliphatic rings. The van der Waals surface area contributed by atoms with Gasteiger partial charge < -0.3 is 24.4 Å². The third kappa shape index (κ3) is 11.0. The molecule has 15 heteroatoms. The van der Waals surface area contributed by atoms with Gasteiger partial charge in [-0.3, -0.25) is 19.4 Å². The molecule has 0 radical (unpaired) electrons. The Kier molecular flexibility index (Phi) is 14.3. The molecule has 11 nitrogen and oxygen atoms in total. The molecule has 2 heterocycles. The lowest BCUT2D eigenvalue weighted by molar-refractivity contribution is -0.145. The SMILES string of the molecule is O=C(O)C(Cc1ccccc1)N1C(=O)C(=Cc2ccc(OCCOCCOc3ccc(C=C4SC(=S)N(C(Cc5ccccc5)C(=O)O)C4=O)cc3)cc2)SC1=S. The zero-order valence-electron chi connectivity index (χ0n) is 30.2. The molecule has 2 atom stereocenters. The Bertz CT molecular complexity index is 2030. The number of carbonyl (C=O) groups excluding carboxylic acids is 2. The average molecular weight is 841 g/mol. The molecule has 0 saturated carbocycles. The number of benzene rings is 4. The van der Waals surface area contributed by atoms with E-state index in [9.17, 15) is 29.4 Å². The summed E-state index contributed by atoms with van der Waals surface area (Å²) in [6.45, 7) is 1.26. The zero-order chi connectivity index (χ0) is 40.3. The lowest BCUT2D eigenvalue weighted by atomic mass is 10.0. The number of aliphatic carboxylic acids is 2. The van der Waals surface area contributed by atoms with Gasteiger partial charge in [0.25, 0.3) is 11.8 Å². The Morgan fingerprint density at radius 3 is 1.30 bits per heavy atom. The molecule has 2 unspecified atom stereocenters. The highest BCUT2D eigenvalue weighted by atomic mass is 32.2. The van der Waals surface area contributed by atoms with E-state index >= 15 is 0 Å². The van der Waals surface area contributed by atoms with E-state index in [4.69, 9.17) is 38.6 Å².